The Morgan fingerprint density at radius 2 is 2.14 bits per heavy atom. The van der Waals surface area contributed by atoms with Crippen molar-refractivity contribution < 1.29 is 9.53 Å². The molecule has 0 aliphatic rings. The molecule has 2 rings (SSSR count). The molecule has 1 heterocycles. The predicted molar refractivity (Wildman–Crippen MR) is 84.3 cm³/mol. The summed E-state index contributed by atoms with van der Waals surface area (Å²) in [6.45, 7) is 0.373. The summed E-state index contributed by atoms with van der Waals surface area (Å²) < 4.78 is 6.77. The number of aromatic nitrogens is 2. The summed E-state index contributed by atoms with van der Waals surface area (Å²) in [5.74, 6) is 0.595. The van der Waals surface area contributed by atoms with Gasteiger partial charge in [-0.3, -0.25) is 19.5 Å². The molecule has 2 aromatic rings. The number of amides is 1. The molecule has 7 heteroatoms. The van der Waals surface area contributed by atoms with Crippen molar-refractivity contribution in [3.63, 3.8) is 0 Å². The molecule has 0 fully saturated rings. The number of ether oxygens (including phenoxy) is 1. The van der Waals surface area contributed by atoms with Crippen LogP contribution in [0.1, 0.15) is 12.8 Å². The van der Waals surface area contributed by atoms with Crippen molar-refractivity contribution in [2.45, 2.75) is 12.8 Å². The van der Waals surface area contributed by atoms with Crippen LogP contribution in [0.2, 0.25) is 5.02 Å². The number of rotatable bonds is 6. The first kappa shape index (κ1) is 16.0. The highest BCUT2D eigenvalue weighted by Gasteiger charge is 2.07. The smallest absolute Gasteiger partial charge is 0.254 e. The van der Waals surface area contributed by atoms with Crippen LogP contribution in [0.15, 0.2) is 41.3 Å². The van der Waals surface area contributed by atoms with Crippen LogP contribution in [0, 0.1) is 0 Å². The zero-order valence-corrected chi connectivity index (χ0v) is 12.8. The molecule has 0 unspecified atom stereocenters. The first-order valence-corrected chi connectivity index (χ1v) is 7.15. The average molecular weight is 322 g/mol. The fraction of sp³-hybridized carbons (Fsp3) is 0.267. The lowest BCUT2D eigenvalue weighted by Crippen LogP contribution is -2.24. The van der Waals surface area contributed by atoms with Gasteiger partial charge in [0.05, 0.1) is 11.6 Å². The Morgan fingerprint density at radius 3 is 2.91 bits per heavy atom. The van der Waals surface area contributed by atoms with E-state index in [0.717, 1.165) is 0 Å². The maximum atomic E-state index is 11.8. The fourth-order valence-electron chi connectivity index (χ4n) is 1.75. The van der Waals surface area contributed by atoms with E-state index in [-0.39, 0.29) is 23.8 Å². The van der Waals surface area contributed by atoms with Crippen molar-refractivity contribution in [3.8, 4) is 5.75 Å². The van der Waals surface area contributed by atoms with E-state index >= 15 is 0 Å². The average Bonchev–Trinajstić information content (AvgIpc) is 2.50. The molecule has 0 saturated heterocycles. The number of halogens is 1. The minimum atomic E-state index is -0.229. The standard InChI is InChI=1S/C15H16ClN3O3/c1-19-14(21)8-9-17-15(19)18-13(20)7-4-10-22-12-6-3-2-5-11(12)16/h2-3,5-6,8-9H,4,7,10H2,1H3,(H,17,18,20). The van der Waals surface area contributed by atoms with Gasteiger partial charge in [-0.15, -0.1) is 0 Å². The highest BCUT2D eigenvalue weighted by atomic mass is 35.5. The Bertz CT molecular complexity index is 715. The van der Waals surface area contributed by atoms with Crippen LogP contribution in [0.25, 0.3) is 0 Å². The van der Waals surface area contributed by atoms with E-state index in [1.54, 1.807) is 19.2 Å². The molecule has 0 aliphatic carbocycles. The Kier molecular flexibility index (Phi) is 5.55. The van der Waals surface area contributed by atoms with Crippen molar-refractivity contribution >= 4 is 23.5 Å². The van der Waals surface area contributed by atoms with E-state index in [4.69, 9.17) is 16.3 Å². The first-order chi connectivity index (χ1) is 10.6. The van der Waals surface area contributed by atoms with Crippen molar-refractivity contribution in [1.29, 1.82) is 0 Å². The van der Waals surface area contributed by atoms with Gasteiger partial charge in [-0.2, -0.15) is 0 Å². The number of para-hydroxylation sites is 1. The van der Waals surface area contributed by atoms with Gasteiger partial charge < -0.3 is 4.74 Å². The van der Waals surface area contributed by atoms with E-state index in [2.05, 4.69) is 10.3 Å². The Hall–Kier alpha value is -2.34. The van der Waals surface area contributed by atoms with Crippen molar-refractivity contribution in [3.05, 3.63) is 51.9 Å². The van der Waals surface area contributed by atoms with Crippen LogP contribution >= 0.6 is 11.6 Å². The minimum absolute atomic E-state index is 0.226. The van der Waals surface area contributed by atoms with Gasteiger partial charge in [0.2, 0.25) is 11.9 Å². The molecule has 0 spiro atoms. The highest BCUT2D eigenvalue weighted by molar-refractivity contribution is 6.32. The molecule has 1 N–H and O–H groups in total. The molecule has 1 aromatic heterocycles. The number of carbonyl (C=O) groups is 1. The first-order valence-electron chi connectivity index (χ1n) is 6.77. The van der Waals surface area contributed by atoms with Gasteiger partial charge in [0.25, 0.3) is 5.56 Å². The number of nitrogens with one attached hydrogen (secondary N) is 1. The third-order valence-corrected chi connectivity index (χ3v) is 3.27. The molecule has 0 radical (unpaired) electrons. The lowest BCUT2D eigenvalue weighted by Gasteiger charge is -2.09. The summed E-state index contributed by atoms with van der Waals surface area (Å²) in [6, 6.07) is 8.49. The monoisotopic (exact) mass is 321 g/mol. The van der Waals surface area contributed by atoms with Gasteiger partial charge in [-0.25, -0.2) is 4.98 Å². The lowest BCUT2D eigenvalue weighted by molar-refractivity contribution is -0.116. The number of carbonyl (C=O) groups excluding carboxylic acids is 1. The molecule has 0 saturated carbocycles. The van der Waals surface area contributed by atoms with Crippen molar-refractivity contribution in [1.82, 2.24) is 9.55 Å². The second-order valence-electron chi connectivity index (χ2n) is 4.60. The van der Waals surface area contributed by atoms with Crippen LogP contribution in [0.5, 0.6) is 5.75 Å². The number of nitrogens with zero attached hydrogens (tertiary/aromatic N) is 2. The zero-order chi connectivity index (χ0) is 15.9. The van der Waals surface area contributed by atoms with Gasteiger partial charge in [0.15, 0.2) is 0 Å². The summed E-state index contributed by atoms with van der Waals surface area (Å²) in [4.78, 5) is 27.2. The Labute approximate surface area is 132 Å². The van der Waals surface area contributed by atoms with E-state index < -0.39 is 0 Å². The fourth-order valence-corrected chi connectivity index (χ4v) is 1.94. The van der Waals surface area contributed by atoms with E-state index in [1.807, 2.05) is 12.1 Å². The van der Waals surface area contributed by atoms with Crippen LogP contribution in [-0.4, -0.2) is 22.1 Å². The molecular weight excluding hydrogens is 306 g/mol. The normalized spacial score (nSPS) is 10.3. The molecular formula is C15H16ClN3O3. The van der Waals surface area contributed by atoms with Crippen LogP contribution in [-0.2, 0) is 11.8 Å². The number of benzene rings is 1. The van der Waals surface area contributed by atoms with Gasteiger partial charge in [-0.1, -0.05) is 23.7 Å². The molecule has 22 heavy (non-hydrogen) atoms. The van der Waals surface area contributed by atoms with E-state index in [9.17, 15) is 9.59 Å². The predicted octanol–water partition coefficient (Wildman–Crippen LogP) is 2.23. The summed E-state index contributed by atoms with van der Waals surface area (Å²) in [7, 11) is 1.55. The van der Waals surface area contributed by atoms with Crippen LogP contribution < -0.4 is 15.6 Å². The van der Waals surface area contributed by atoms with E-state index in [1.165, 1.54) is 16.8 Å². The lowest BCUT2D eigenvalue weighted by atomic mass is 10.3. The van der Waals surface area contributed by atoms with Crippen LogP contribution in [0.3, 0.4) is 0 Å². The molecule has 0 atom stereocenters. The highest BCUT2D eigenvalue weighted by Crippen LogP contribution is 2.23. The molecule has 0 bridgehead atoms. The summed E-state index contributed by atoms with van der Waals surface area (Å²) in [6.07, 6.45) is 2.14. The van der Waals surface area contributed by atoms with Gasteiger partial charge in [0, 0.05) is 25.7 Å². The second kappa shape index (κ2) is 7.61. The van der Waals surface area contributed by atoms with E-state index in [0.29, 0.717) is 23.8 Å². The van der Waals surface area contributed by atoms with Crippen LogP contribution in [0.4, 0.5) is 5.95 Å². The molecule has 1 amide bonds. The third-order valence-electron chi connectivity index (χ3n) is 2.96. The molecule has 0 aliphatic heterocycles. The maximum absolute atomic E-state index is 11.8. The topological polar surface area (TPSA) is 73.2 Å². The molecule has 1 aromatic carbocycles. The second-order valence-corrected chi connectivity index (χ2v) is 5.00. The SMILES string of the molecule is Cn1c(NC(=O)CCCOc2ccccc2Cl)nccc1=O. The number of hydrogen-bond donors (Lipinski definition) is 1. The largest absolute Gasteiger partial charge is 0.492 e. The quantitative estimate of drug-likeness (QED) is 0.828. The number of anilines is 1. The summed E-state index contributed by atoms with van der Waals surface area (Å²) in [5.41, 5.74) is -0.229. The van der Waals surface area contributed by atoms with Gasteiger partial charge >= 0.3 is 0 Å². The molecule has 116 valence electrons. The Balaban J connectivity index is 1.78. The van der Waals surface area contributed by atoms with Gasteiger partial charge in [0.1, 0.15) is 5.75 Å². The third kappa shape index (κ3) is 4.33. The van der Waals surface area contributed by atoms with Gasteiger partial charge in [-0.05, 0) is 18.6 Å². The Morgan fingerprint density at radius 1 is 1.36 bits per heavy atom. The zero-order valence-electron chi connectivity index (χ0n) is 12.1. The molecule has 6 nitrogen and oxygen atoms in total. The maximum Gasteiger partial charge on any atom is 0.254 e. The van der Waals surface area contributed by atoms with Crippen molar-refractivity contribution in [2.75, 3.05) is 11.9 Å². The number of hydrogen-bond acceptors (Lipinski definition) is 4. The summed E-state index contributed by atoms with van der Waals surface area (Å²) >= 11 is 5.96. The minimum Gasteiger partial charge on any atom is -0.492 e. The summed E-state index contributed by atoms with van der Waals surface area (Å²) in [5, 5.41) is 3.13. The van der Waals surface area contributed by atoms with Crippen molar-refractivity contribution in [2.24, 2.45) is 7.05 Å².